The molecule has 0 N–H and O–H groups in total. The highest BCUT2D eigenvalue weighted by Crippen LogP contribution is 2.35. The Balaban J connectivity index is 3.10. The Morgan fingerprint density at radius 3 is 2.10 bits per heavy atom. The zero-order chi connectivity index (χ0) is 16.0. The van der Waals surface area contributed by atoms with Crippen LogP contribution in [0.3, 0.4) is 0 Å². The third-order valence-corrected chi connectivity index (χ3v) is 4.91. The molecule has 0 heterocycles. The summed E-state index contributed by atoms with van der Waals surface area (Å²) in [7, 11) is -3.90. The van der Waals surface area contributed by atoms with Crippen LogP contribution in [0.4, 0.5) is 0 Å². The molecule has 0 aliphatic carbocycles. The molecule has 0 saturated carbocycles. The van der Waals surface area contributed by atoms with Gasteiger partial charge in [0.05, 0.1) is 12.0 Å². The smallest absolute Gasteiger partial charge is 0.321 e. The predicted octanol–water partition coefficient (Wildman–Crippen LogP) is 2.47. The van der Waals surface area contributed by atoms with Crippen LogP contribution >= 0.6 is 12.0 Å². The van der Waals surface area contributed by atoms with Gasteiger partial charge in [0.15, 0.2) is 5.08 Å². The van der Waals surface area contributed by atoms with Crippen molar-refractivity contribution < 1.29 is 27.2 Å². The van der Waals surface area contributed by atoms with Gasteiger partial charge < -0.3 is 9.44 Å². The van der Waals surface area contributed by atoms with Gasteiger partial charge in [-0.25, -0.2) is 0 Å². The normalized spacial score (nSPS) is 12.1. The molecular formula is C13H19O6S2-. The molecule has 0 fully saturated rings. The van der Waals surface area contributed by atoms with Gasteiger partial charge in [0.2, 0.25) is 0 Å². The highest BCUT2D eigenvalue weighted by Gasteiger charge is 2.21. The third-order valence-electron chi connectivity index (χ3n) is 2.80. The Hall–Kier alpha value is -0.800. The summed E-state index contributed by atoms with van der Waals surface area (Å²) in [5.74, 6) is 0.580. The lowest BCUT2D eigenvalue weighted by Gasteiger charge is -2.19. The standard InChI is InChI=1S/C13H20O6S2/c1-9(2)11-6-5-7-12(10(3)4)13(11)17-21(15,16)8-20-19-18-14/h5-7,9-10,14H,8H2,1-4H3/p-1. The second kappa shape index (κ2) is 8.00. The van der Waals surface area contributed by atoms with Gasteiger partial charge >= 0.3 is 10.1 Å². The van der Waals surface area contributed by atoms with Crippen molar-refractivity contribution in [3.8, 4) is 5.75 Å². The van der Waals surface area contributed by atoms with Gasteiger partial charge in [0.25, 0.3) is 0 Å². The van der Waals surface area contributed by atoms with Crippen LogP contribution in [-0.4, -0.2) is 13.5 Å². The van der Waals surface area contributed by atoms with E-state index in [1.807, 2.05) is 45.9 Å². The number of benzene rings is 1. The van der Waals surface area contributed by atoms with E-state index in [1.54, 1.807) is 0 Å². The van der Waals surface area contributed by atoms with Crippen molar-refractivity contribution in [3.63, 3.8) is 0 Å². The quantitative estimate of drug-likeness (QED) is 0.237. The largest absolute Gasteiger partial charge is 0.691 e. The Bertz CT molecular complexity index is 528. The van der Waals surface area contributed by atoms with Crippen molar-refractivity contribution in [1.29, 1.82) is 0 Å². The fourth-order valence-electron chi connectivity index (χ4n) is 1.83. The summed E-state index contributed by atoms with van der Waals surface area (Å²) in [4.78, 5) is 0. The average molecular weight is 335 g/mol. The molecule has 0 aromatic heterocycles. The molecule has 1 aromatic rings. The molecule has 0 aliphatic heterocycles. The van der Waals surface area contributed by atoms with Gasteiger partial charge in [-0.05, 0) is 23.0 Å². The monoisotopic (exact) mass is 335 g/mol. The van der Waals surface area contributed by atoms with Crippen molar-refractivity contribution in [2.24, 2.45) is 0 Å². The molecule has 0 spiro atoms. The average Bonchev–Trinajstić information content (AvgIpc) is 2.38. The zero-order valence-corrected chi connectivity index (χ0v) is 14.0. The highest BCUT2D eigenvalue weighted by atomic mass is 32.3. The molecule has 120 valence electrons. The summed E-state index contributed by atoms with van der Waals surface area (Å²) >= 11 is 0.360. The van der Waals surface area contributed by atoms with Crippen LogP contribution in [0.5, 0.6) is 5.75 Å². The van der Waals surface area contributed by atoms with Gasteiger partial charge in [-0.15, -0.1) is 0 Å². The second-order valence-corrected chi connectivity index (χ2v) is 7.68. The van der Waals surface area contributed by atoms with Crippen LogP contribution in [-0.2, 0) is 19.5 Å². The maximum atomic E-state index is 11.9. The summed E-state index contributed by atoms with van der Waals surface area (Å²) in [5, 5.41) is 12.2. The Morgan fingerprint density at radius 1 is 1.14 bits per heavy atom. The molecule has 0 atom stereocenters. The fourth-order valence-corrected chi connectivity index (χ4v) is 3.13. The molecule has 0 aliphatic rings. The minimum Gasteiger partial charge on any atom is -0.691 e. The second-order valence-electron chi connectivity index (χ2n) is 5.09. The van der Waals surface area contributed by atoms with Gasteiger partial charge in [-0.1, -0.05) is 45.9 Å². The third kappa shape index (κ3) is 5.48. The summed E-state index contributed by atoms with van der Waals surface area (Å²) in [6.45, 7) is 7.84. The first-order valence-electron chi connectivity index (χ1n) is 6.41. The van der Waals surface area contributed by atoms with Gasteiger partial charge in [-0.2, -0.15) is 12.8 Å². The van der Waals surface area contributed by atoms with E-state index in [4.69, 9.17) is 4.18 Å². The first-order valence-corrected chi connectivity index (χ1v) is 8.90. The van der Waals surface area contributed by atoms with Crippen LogP contribution in [0.2, 0.25) is 0 Å². The van der Waals surface area contributed by atoms with Crippen molar-refractivity contribution in [2.45, 2.75) is 39.5 Å². The van der Waals surface area contributed by atoms with E-state index >= 15 is 0 Å². The molecule has 0 amide bonds. The summed E-state index contributed by atoms with van der Waals surface area (Å²) in [5.41, 5.74) is 1.63. The maximum absolute atomic E-state index is 11.9. The highest BCUT2D eigenvalue weighted by molar-refractivity contribution is 8.08. The lowest BCUT2D eigenvalue weighted by atomic mass is 9.94. The molecule has 21 heavy (non-hydrogen) atoms. The van der Waals surface area contributed by atoms with E-state index in [-0.39, 0.29) is 11.8 Å². The number of para-hydroxylation sites is 1. The minimum absolute atomic E-state index is 0.114. The molecule has 1 rings (SSSR count). The van der Waals surface area contributed by atoms with Gasteiger partial charge in [0, 0.05) is 0 Å². The number of rotatable bonds is 8. The maximum Gasteiger partial charge on any atom is 0.321 e. The lowest BCUT2D eigenvalue weighted by molar-refractivity contribution is -0.777. The van der Waals surface area contributed by atoms with E-state index in [2.05, 4.69) is 9.37 Å². The SMILES string of the molecule is CC(C)c1cccc(C(C)C)c1OS(=O)(=O)CSOO[O-]. The zero-order valence-electron chi connectivity index (χ0n) is 12.4. The fraction of sp³-hybridized carbons (Fsp3) is 0.538. The molecule has 1 aromatic carbocycles. The molecule has 0 radical (unpaired) electrons. The van der Waals surface area contributed by atoms with Crippen LogP contribution in [0, 0.1) is 0 Å². The summed E-state index contributed by atoms with van der Waals surface area (Å²) < 4.78 is 33.1. The topological polar surface area (TPSA) is 84.9 Å². The Labute approximate surface area is 129 Å². The molecule has 0 bridgehead atoms. The van der Waals surface area contributed by atoms with E-state index in [0.29, 0.717) is 17.8 Å². The molecule has 0 saturated heterocycles. The minimum atomic E-state index is -3.90. The van der Waals surface area contributed by atoms with Crippen LogP contribution in [0.15, 0.2) is 18.2 Å². The van der Waals surface area contributed by atoms with Crippen LogP contribution in [0.25, 0.3) is 0 Å². The van der Waals surface area contributed by atoms with E-state index in [0.717, 1.165) is 11.1 Å². The molecule has 8 heteroatoms. The first kappa shape index (κ1) is 18.2. The van der Waals surface area contributed by atoms with E-state index in [1.165, 1.54) is 0 Å². The van der Waals surface area contributed by atoms with Crippen LogP contribution < -0.4 is 9.44 Å². The van der Waals surface area contributed by atoms with Crippen molar-refractivity contribution in [3.05, 3.63) is 29.3 Å². The number of hydrogen-bond donors (Lipinski definition) is 0. The van der Waals surface area contributed by atoms with Gasteiger partial charge in [-0.3, -0.25) is 5.04 Å². The Morgan fingerprint density at radius 2 is 1.67 bits per heavy atom. The number of hydrogen-bond acceptors (Lipinski definition) is 7. The van der Waals surface area contributed by atoms with Crippen molar-refractivity contribution in [2.75, 3.05) is 5.08 Å². The molecule has 6 nitrogen and oxygen atoms in total. The summed E-state index contributed by atoms with van der Waals surface area (Å²) in [6.07, 6.45) is 0. The van der Waals surface area contributed by atoms with Crippen LogP contribution in [0.1, 0.15) is 50.7 Å². The Kier molecular flexibility index (Phi) is 6.95. The van der Waals surface area contributed by atoms with E-state index < -0.39 is 15.2 Å². The summed E-state index contributed by atoms with van der Waals surface area (Å²) in [6, 6.07) is 5.56. The lowest BCUT2D eigenvalue weighted by Crippen LogP contribution is -2.15. The first-order chi connectivity index (χ1) is 9.78. The predicted molar refractivity (Wildman–Crippen MR) is 78.8 cm³/mol. The molecular weight excluding hydrogens is 316 g/mol. The van der Waals surface area contributed by atoms with Crippen molar-refractivity contribution in [1.82, 2.24) is 0 Å². The van der Waals surface area contributed by atoms with Crippen molar-refractivity contribution >= 4 is 22.2 Å². The molecule has 0 unspecified atom stereocenters. The van der Waals surface area contributed by atoms with Gasteiger partial charge in [0.1, 0.15) is 5.75 Å². The van der Waals surface area contributed by atoms with E-state index in [9.17, 15) is 13.7 Å².